The number of halogens is 1. The Morgan fingerprint density at radius 1 is 1.03 bits per heavy atom. The molecule has 162 valence electrons. The number of guanidine groups is 1. The second-order valence-electron chi connectivity index (χ2n) is 9.10. The van der Waals surface area contributed by atoms with Gasteiger partial charge in [0.05, 0.1) is 0 Å². The molecule has 2 saturated heterocycles. The summed E-state index contributed by atoms with van der Waals surface area (Å²) >= 11 is 0. The molecule has 5 heteroatoms. The fourth-order valence-corrected chi connectivity index (χ4v) is 5.42. The van der Waals surface area contributed by atoms with E-state index in [9.17, 15) is 0 Å². The number of hydrogen-bond donors (Lipinski definition) is 1. The van der Waals surface area contributed by atoms with Crippen molar-refractivity contribution in [2.45, 2.75) is 45.4 Å². The van der Waals surface area contributed by atoms with Gasteiger partial charge in [0.15, 0.2) is 5.96 Å². The van der Waals surface area contributed by atoms with Crippen molar-refractivity contribution in [2.75, 3.05) is 45.8 Å². The maximum absolute atomic E-state index is 5.09. The average Bonchev–Trinajstić information content (AvgIpc) is 3.37. The van der Waals surface area contributed by atoms with E-state index < -0.39 is 0 Å². The normalized spacial score (nSPS) is 27.6. The highest BCUT2D eigenvalue weighted by molar-refractivity contribution is 14.0. The maximum Gasteiger partial charge on any atom is 0.193 e. The molecule has 1 saturated carbocycles. The molecule has 2 heterocycles. The summed E-state index contributed by atoms with van der Waals surface area (Å²) in [6.07, 6.45) is 8.19. The minimum atomic E-state index is 0. The lowest BCUT2D eigenvalue weighted by Crippen LogP contribution is -2.40. The van der Waals surface area contributed by atoms with Crippen molar-refractivity contribution in [3.05, 3.63) is 35.9 Å². The number of rotatable bonds is 6. The molecule has 1 aromatic rings. The predicted octanol–water partition coefficient (Wildman–Crippen LogP) is 4.26. The highest BCUT2D eigenvalue weighted by Gasteiger charge is 2.35. The zero-order valence-electron chi connectivity index (χ0n) is 18.1. The van der Waals surface area contributed by atoms with Crippen LogP contribution in [0.4, 0.5) is 0 Å². The van der Waals surface area contributed by atoms with Gasteiger partial charge in [0.25, 0.3) is 0 Å². The van der Waals surface area contributed by atoms with Gasteiger partial charge in [0.1, 0.15) is 0 Å². The molecular weight excluding hydrogens is 471 g/mol. The summed E-state index contributed by atoms with van der Waals surface area (Å²) in [5.74, 6) is 3.73. The van der Waals surface area contributed by atoms with Crippen molar-refractivity contribution in [3.8, 4) is 0 Å². The average molecular weight is 511 g/mol. The Kier molecular flexibility index (Phi) is 9.09. The Bertz CT molecular complexity index is 621. The van der Waals surface area contributed by atoms with Crippen LogP contribution in [0.15, 0.2) is 35.3 Å². The topological polar surface area (TPSA) is 30.9 Å². The first-order chi connectivity index (χ1) is 13.8. The molecule has 0 bridgehead atoms. The van der Waals surface area contributed by atoms with Crippen molar-refractivity contribution in [2.24, 2.45) is 22.7 Å². The molecule has 3 atom stereocenters. The number of hydrogen-bond acceptors (Lipinski definition) is 2. The minimum Gasteiger partial charge on any atom is -0.357 e. The van der Waals surface area contributed by atoms with E-state index in [4.69, 9.17) is 4.99 Å². The molecule has 1 aromatic carbocycles. The van der Waals surface area contributed by atoms with E-state index in [1.54, 1.807) is 0 Å². The second-order valence-corrected chi connectivity index (χ2v) is 9.10. The van der Waals surface area contributed by atoms with Crippen molar-refractivity contribution >= 4 is 29.9 Å². The fourth-order valence-electron chi connectivity index (χ4n) is 5.42. The Morgan fingerprint density at radius 2 is 1.76 bits per heavy atom. The van der Waals surface area contributed by atoms with Crippen LogP contribution in [-0.4, -0.2) is 61.6 Å². The van der Waals surface area contributed by atoms with Crippen LogP contribution in [0.2, 0.25) is 0 Å². The van der Waals surface area contributed by atoms with E-state index in [1.807, 2.05) is 0 Å². The molecule has 2 aliphatic heterocycles. The van der Waals surface area contributed by atoms with E-state index in [-0.39, 0.29) is 24.0 Å². The third-order valence-corrected chi connectivity index (χ3v) is 7.04. The van der Waals surface area contributed by atoms with E-state index in [0.29, 0.717) is 5.92 Å². The van der Waals surface area contributed by atoms with E-state index in [0.717, 1.165) is 31.3 Å². The lowest BCUT2D eigenvalue weighted by atomic mass is 9.82. The summed E-state index contributed by atoms with van der Waals surface area (Å²) < 4.78 is 0. The molecule has 1 N–H and O–H groups in total. The van der Waals surface area contributed by atoms with Crippen molar-refractivity contribution < 1.29 is 0 Å². The fraction of sp³-hybridized carbons (Fsp3) is 0.708. The number of fused-ring (bicyclic) bond motifs is 1. The Balaban J connectivity index is 0.00000240. The van der Waals surface area contributed by atoms with Gasteiger partial charge in [-0.25, -0.2) is 0 Å². The van der Waals surface area contributed by atoms with Gasteiger partial charge in [-0.15, -0.1) is 24.0 Å². The first-order valence-electron chi connectivity index (χ1n) is 11.6. The number of benzene rings is 1. The molecule has 1 aliphatic carbocycles. The molecular formula is C24H39IN4. The van der Waals surface area contributed by atoms with E-state index in [1.165, 1.54) is 76.4 Å². The highest BCUT2D eigenvalue weighted by atomic mass is 127. The molecule has 3 unspecified atom stereocenters. The first-order valence-corrected chi connectivity index (χ1v) is 11.6. The molecule has 0 radical (unpaired) electrons. The summed E-state index contributed by atoms with van der Waals surface area (Å²) in [7, 11) is 0. The van der Waals surface area contributed by atoms with E-state index in [2.05, 4.69) is 52.4 Å². The maximum atomic E-state index is 5.09. The van der Waals surface area contributed by atoms with Crippen molar-refractivity contribution in [1.29, 1.82) is 0 Å². The lowest BCUT2D eigenvalue weighted by molar-refractivity contribution is 0.299. The van der Waals surface area contributed by atoms with Crippen molar-refractivity contribution in [1.82, 2.24) is 15.1 Å². The molecule has 4 nitrogen and oxygen atoms in total. The number of nitrogens with one attached hydrogen (secondary N) is 1. The van der Waals surface area contributed by atoms with Gasteiger partial charge >= 0.3 is 0 Å². The highest BCUT2D eigenvalue weighted by Crippen LogP contribution is 2.36. The van der Waals surface area contributed by atoms with Gasteiger partial charge in [-0.2, -0.15) is 0 Å². The molecule has 4 rings (SSSR count). The smallest absolute Gasteiger partial charge is 0.193 e. The Labute approximate surface area is 194 Å². The van der Waals surface area contributed by atoms with E-state index >= 15 is 0 Å². The van der Waals surface area contributed by atoms with Gasteiger partial charge < -0.3 is 15.1 Å². The number of aliphatic imine (C=N–C) groups is 1. The monoisotopic (exact) mass is 510 g/mol. The van der Waals surface area contributed by atoms with Crippen LogP contribution in [0.1, 0.15) is 44.6 Å². The lowest BCUT2D eigenvalue weighted by Gasteiger charge is -2.22. The third kappa shape index (κ3) is 6.33. The molecule has 3 fully saturated rings. The van der Waals surface area contributed by atoms with Crippen LogP contribution in [-0.2, 0) is 6.42 Å². The SMILES string of the molecule is CCNC(=NCC1CCN(CCc2ccccc2)C1)N1CC2CCCCC2C1.I. The van der Waals surface area contributed by atoms with Crippen LogP contribution in [0.25, 0.3) is 0 Å². The van der Waals surface area contributed by atoms with Crippen LogP contribution in [0.3, 0.4) is 0 Å². The van der Waals surface area contributed by atoms with Gasteiger partial charge in [-0.3, -0.25) is 4.99 Å². The van der Waals surface area contributed by atoms with Crippen LogP contribution >= 0.6 is 24.0 Å². The van der Waals surface area contributed by atoms with Gasteiger partial charge in [-0.1, -0.05) is 43.2 Å². The Hall–Kier alpha value is -0.820. The molecule has 0 spiro atoms. The van der Waals surface area contributed by atoms with Crippen LogP contribution in [0, 0.1) is 17.8 Å². The largest absolute Gasteiger partial charge is 0.357 e. The zero-order chi connectivity index (χ0) is 19.2. The zero-order valence-corrected chi connectivity index (χ0v) is 20.4. The summed E-state index contributed by atoms with van der Waals surface area (Å²) in [6, 6.07) is 10.9. The quantitative estimate of drug-likeness (QED) is 0.353. The summed E-state index contributed by atoms with van der Waals surface area (Å²) in [5, 5.41) is 3.58. The minimum absolute atomic E-state index is 0. The van der Waals surface area contributed by atoms with Crippen LogP contribution in [0.5, 0.6) is 0 Å². The first kappa shape index (κ1) is 22.9. The number of likely N-dealkylation sites (tertiary alicyclic amines) is 2. The standard InChI is InChI=1S/C24H38N4.HI/c1-2-25-24(28-18-22-10-6-7-11-23(22)19-28)26-16-21-13-15-27(17-21)14-12-20-8-4-3-5-9-20;/h3-5,8-9,21-23H,2,6-7,10-19H2,1H3,(H,25,26);1H. The van der Waals surface area contributed by atoms with Gasteiger partial charge in [0, 0.05) is 39.3 Å². The second kappa shape index (κ2) is 11.5. The molecule has 0 aromatic heterocycles. The van der Waals surface area contributed by atoms with Gasteiger partial charge in [-0.05, 0) is 62.5 Å². The Morgan fingerprint density at radius 3 is 2.45 bits per heavy atom. The third-order valence-electron chi connectivity index (χ3n) is 7.04. The molecule has 0 amide bonds. The summed E-state index contributed by atoms with van der Waals surface area (Å²) in [5.41, 5.74) is 1.45. The van der Waals surface area contributed by atoms with Crippen molar-refractivity contribution in [3.63, 3.8) is 0 Å². The number of nitrogens with zero attached hydrogens (tertiary/aromatic N) is 3. The predicted molar refractivity (Wildman–Crippen MR) is 133 cm³/mol. The molecule has 29 heavy (non-hydrogen) atoms. The summed E-state index contributed by atoms with van der Waals surface area (Å²) in [4.78, 5) is 10.3. The van der Waals surface area contributed by atoms with Crippen LogP contribution < -0.4 is 5.32 Å². The molecule has 3 aliphatic rings. The van der Waals surface area contributed by atoms with Gasteiger partial charge in [0.2, 0.25) is 0 Å². The summed E-state index contributed by atoms with van der Waals surface area (Å²) in [6.45, 7) is 10.2.